The van der Waals surface area contributed by atoms with Crippen LogP contribution in [0.3, 0.4) is 0 Å². The number of nitro benzene ring substituents is 1. The second kappa shape index (κ2) is 18.2. The highest BCUT2D eigenvalue weighted by Gasteiger charge is 2.31. The lowest BCUT2D eigenvalue weighted by atomic mass is 9.72. The van der Waals surface area contributed by atoms with Crippen LogP contribution in [-0.2, 0) is 14.8 Å². The number of piperazine rings is 1. The molecular weight excluding hydrogens is 826 g/mol. The van der Waals surface area contributed by atoms with Gasteiger partial charge in [-0.25, -0.2) is 18.1 Å². The Morgan fingerprint density at radius 1 is 1.03 bits per heavy atom. The predicted molar refractivity (Wildman–Crippen MR) is 244 cm³/mol. The summed E-state index contributed by atoms with van der Waals surface area (Å²) in [6.45, 7) is 12.6. The maximum Gasteiger partial charge on any atom is 0.293 e. The average Bonchev–Trinajstić information content (AvgIpc) is 3.75. The van der Waals surface area contributed by atoms with E-state index in [4.69, 9.17) is 16.3 Å². The number of ether oxygens (including phenoxy) is 1. The summed E-state index contributed by atoms with van der Waals surface area (Å²) in [7, 11) is -4.51. The highest BCUT2D eigenvalue weighted by molar-refractivity contribution is 7.90. The van der Waals surface area contributed by atoms with Gasteiger partial charge in [-0.1, -0.05) is 50.1 Å². The summed E-state index contributed by atoms with van der Waals surface area (Å²) in [4.78, 5) is 37.8. The summed E-state index contributed by atoms with van der Waals surface area (Å²) in [5.41, 5.74) is 7.56. The topological polar surface area (TPSA) is 163 Å². The molecule has 5 aromatic rings. The molecule has 3 aromatic carbocycles. The van der Waals surface area contributed by atoms with Gasteiger partial charge in [0.1, 0.15) is 11.3 Å². The fraction of sp³-hybridized carbons (Fsp3) is 0.404. The predicted octanol–water partition coefficient (Wildman–Crippen LogP) is 9.02. The van der Waals surface area contributed by atoms with Gasteiger partial charge >= 0.3 is 0 Å². The van der Waals surface area contributed by atoms with Gasteiger partial charge in [0.25, 0.3) is 21.6 Å². The molecule has 4 heterocycles. The van der Waals surface area contributed by atoms with Gasteiger partial charge < -0.3 is 19.9 Å². The first-order valence-corrected chi connectivity index (χ1v) is 23.3. The number of sulfonamides is 1. The van der Waals surface area contributed by atoms with Crippen LogP contribution in [0.1, 0.15) is 85.8 Å². The average molecular weight is 881 g/mol. The van der Waals surface area contributed by atoms with Crippen molar-refractivity contribution in [2.24, 2.45) is 11.3 Å². The first kappa shape index (κ1) is 43.4. The number of nitro groups is 1. The van der Waals surface area contributed by atoms with Gasteiger partial charge in [-0.2, -0.15) is 0 Å². The van der Waals surface area contributed by atoms with Crippen molar-refractivity contribution in [3.05, 3.63) is 128 Å². The second-order valence-corrected chi connectivity index (χ2v) is 19.8. The molecule has 0 bridgehead atoms. The Kier molecular flexibility index (Phi) is 12.7. The summed E-state index contributed by atoms with van der Waals surface area (Å²) in [5.74, 6) is -0.891. The first-order chi connectivity index (χ1) is 29.7. The number of pyridine rings is 1. The zero-order valence-corrected chi connectivity index (χ0v) is 37.0. The second-order valence-electron chi connectivity index (χ2n) is 17.7. The van der Waals surface area contributed by atoms with E-state index in [2.05, 4.69) is 55.8 Å². The van der Waals surface area contributed by atoms with E-state index in [1.54, 1.807) is 12.3 Å². The van der Waals surface area contributed by atoms with Gasteiger partial charge in [0, 0.05) is 98.5 Å². The van der Waals surface area contributed by atoms with Crippen molar-refractivity contribution in [1.82, 2.24) is 19.6 Å². The Hall–Kier alpha value is -5.28. The molecular formula is C47H54ClN7O6S. The van der Waals surface area contributed by atoms with Crippen LogP contribution in [0.4, 0.5) is 17.1 Å². The largest absolute Gasteiger partial charge is 0.381 e. The lowest BCUT2D eigenvalue weighted by Crippen LogP contribution is -2.47. The van der Waals surface area contributed by atoms with Crippen LogP contribution < -0.4 is 14.9 Å². The molecule has 3 N–H and O–H groups in total. The lowest BCUT2D eigenvalue weighted by molar-refractivity contribution is -0.384. The van der Waals surface area contributed by atoms with E-state index in [-0.39, 0.29) is 39.1 Å². The zero-order valence-electron chi connectivity index (χ0n) is 35.5. The van der Waals surface area contributed by atoms with E-state index in [1.807, 2.05) is 49.5 Å². The summed E-state index contributed by atoms with van der Waals surface area (Å²) in [6.07, 6.45) is 8.49. The number of aromatic nitrogens is 2. The fourth-order valence-corrected chi connectivity index (χ4v) is 10.1. The zero-order chi connectivity index (χ0) is 43.6. The van der Waals surface area contributed by atoms with Crippen molar-refractivity contribution in [1.29, 1.82) is 0 Å². The molecule has 2 aliphatic heterocycles. The number of allylic oxidation sites excluding steroid dienone is 1. The van der Waals surface area contributed by atoms with E-state index in [0.717, 1.165) is 98.2 Å². The molecule has 0 saturated carbocycles. The number of rotatable bonds is 13. The van der Waals surface area contributed by atoms with Crippen LogP contribution in [0.25, 0.3) is 16.6 Å². The van der Waals surface area contributed by atoms with Crippen molar-refractivity contribution >= 4 is 61.2 Å². The van der Waals surface area contributed by atoms with Crippen LogP contribution in [0, 0.1) is 21.4 Å². The van der Waals surface area contributed by atoms with Crippen molar-refractivity contribution in [2.45, 2.75) is 63.7 Å². The number of anilines is 2. The monoisotopic (exact) mass is 879 g/mol. The number of nitrogens with one attached hydrogen (secondary N) is 3. The number of carbonyl (C=O) groups excluding carboxylic acids is 1. The molecule has 1 amide bonds. The van der Waals surface area contributed by atoms with Crippen LogP contribution in [-0.4, -0.2) is 86.6 Å². The molecule has 3 aliphatic rings. The highest BCUT2D eigenvalue weighted by atomic mass is 35.5. The number of carbonyl (C=O) groups is 1. The number of amides is 1. The normalized spacial score (nSPS) is 18.2. The Bertz CT molecular complexity index is 2600. The summed E-state index contributed by atoms with van der Waals surface area (Å²) < 4.78 is 35.2. The van der Waals surface area contributed by atoms with Crippen molar-refractivity contribution in [3.63, 3.8) is 0 Å². The molecule has 326 valence electrons. The molecule has 1 unspecified atom stereocenters. The molecule has 0 radical (unpaired) electrons. The van der Waals surface area contributed by atoms with E-state index < -0.39 is 20.9 Å². The minimum atomic E-state index is -4.51. The molecule has 2 aromatic heterocycles. The van der Waals surface area contributed by atoms with E-state index in [9.17, 15) is 23.3 Å². The van der Waals surface area contributed by atoms with Crippen molar-refractivity contribution in [3.8, 4) is 0 Å². The number of nitrogens with zero attached hydrogens (tertiary/aromatic N) is 4. The number of aromatic amines is 1. The van der Waals surface area contributed by atoms with Gasteiger partial charge in [-0.15, -0.1) is 0 Å². The van der Waals surface area contributed by atoms with Crippen molar-refractivity contribution < 1.29 is 22.9 Å². The third kappa shape index (κ3) is 9.83. The Balaban J connectivity index is 1.02. The van der Waals surface area contributed by atoms with E-state index in [1.165, 1.54) is 28.8 Å². The van der Waals surface area contributed by atoms with E-state index in [0.29, 0.717) is 25.3 Å². The number of H-pyrrole nitrogens is 1. The summed E-state index contributed by atoms with van der Waals surface area (Å²) in [6, 6.07) is 21.4. The maximum atomic E-state index is 14.1. The summed E-state index contributed by atoms with van der Waals surface area (Å²) >= 11 is 6.25. The van der Waals surface area contributed by atoms with Crippen LogP contribution >= 0.6 is 11.6 Å². The highest BCUT2D eigenvalue weighted by Crippen LogP contribution is 2.43. The van der Waals surface area contributed by atoms with E-state index >= 15 is 0 Å². The van der Waals surface area contributed by atoms with Crippen LogP contribution in [0.15, 0.2) is 95.7 Å². The number of hydrogen-bond acceptors (Lipinski definition) is 10. The number of hydrogen-bond donors (Lipinski definition) is 3. The van der Waals surface area contributed by atoms with Gasteiger partial charge in [-0.3, -0.25) is 19.8 Å². The van der Waals surface area contributed by atoms with Gasteiger partial charge in [0.05, 0.1) is 9.82 Å². The quantitative estimate of drug-likeness (QED) is 0.0769. The number of halogens is 1. The third-order valence-corrected chi connectivity index (χ3v) is 14.4. The molecule has 1 aliphatic carbocycles. The van der Waals surface area contributed by atoms with Crippen molar-refractivity contribution in [2.75, 3.05) is 62.7 Å². The maximum absolute atomic E-state index is 14.1. The SMILES string of the molecule is CC(c1cnc2[nH]ccc2c1)c1cc(N2CCN(CC3=C(c4ccc(Cl)cc4)CC(C)(C)CC3)CC2)ccc1C(=O)NS(=O)(=O)c1ccc(NCC2CCOCC2)c([N+](=O)[O-])c1. The molecule has 62 heavy (non-hydrogen) atoms. The van der Waals surface area contributed by atoms with Gasteiger partial charge in [-0.05, 0) is 120 Å². The van der Waals surface area contributed by atoms with Crippen LogP contribution in [0.5, 0.6) is 0 Å². The molecule has 13 nitrogen and oxygen atoms in total. The minimum absolute atomic E-state index is 0.184. The molecule has 8 rings (SSSR count). The number of benzene rings is 3. The van der Waals surface area contributed by atoms with Gasteiger partial charge in [0.2, 0.25) is 0 Å². The molecule has 15 heteroatoms. The lowest BCUT2D eigenvalue weighted by Gasteiger charge is -2.39. The first-order valence-electron chi connectivity index (χ1n) is 21.4. The molecule has 2 fully saturated rings. The number of fused-ring (bicyclic) bond motifs is 1. The Morgan fingerprint density at radius 3 is 2.53 bits per heavy atom. The Labute approximate surface area is 368 Å². The summed E-state index contributed by atoms with van der Waals surface area (Å²) in [5, 5.41) is 16.9. The Morgan fingerprint density at radius 2 is 1.79 bits per heavy atom. The van der Waals surface area contributed by atoms with Gasteiger partial charge in [0.15, 0.2) is 0 Å². The molecule has 1 atom stereocenters. The minimum Gasteiger partial charge on any atom is -0.381 e. The smallest absolute Gasteiger partial charge is 0.293 e. The molecule has 0 spiro atoms. The molecule has 2 saturated heterocycles. The third-order valence-electron chi connectivity index (χ3n) is 12.8. The standard InChI is InChI=1S/C47H54ClN7O6S/c1-31(36-24-34-13-17-49-45(34)51-29-36)41-25-38(54-20-18-53(19-21-54)30-35-12-16-47(2,3)27-42(35)33-4-6-37(48)7-5-33)8-10-40(41)46(56)52-62(59,60)39-9-11-43(44(26-39)55(57)58)50-28-32-14-22-61-23-15-32/h4-11,13,17,24-26,29,31-32,50H,12,14-16,18-23,27-28,30H2,1-3H3,(H,49,51)(H,52,56). The van der Waals surface area contributed by atoms with Crippen LogP contribution in [0.2, 0.25) is 5.02 Å². The fourth-order valence-electron chi connectivity index (χ4n) is 9.00.